The Balaban J connectivity index is 2.37. The van der Waals surface area contributed by atoms with Crippen LogP contribution in [0.4, 0.5) is 5.69 Å². The molecule has 0 saturated carbocycles. The summed E-state index contributed by atoms with van der Waals surface area (Å²) in [6, 6.07) is -5.78. The van der Waals surface area contributed by atoms with E-state index in [1.807, 2.05) is 0 Å². The predicted octanol–water partition coefficient (Wildman–Crippen LogP) is 2.76. The summed E-state index contributed by atoms with van der Waals surface area (Å²) in [6.45, 7) is -0.861. The van der Waals surface area contributed by atoms with E-state index in [1.165, 1.54) is 0 Å². The van der Waals surface area contributed by atoms with Gasteiger partial charge in [0.1, 0.15) is 0 Å². The predicted molar refractivity (Wildman–Crippen MR) is 90.6 cm³/mol. The third kappa shape index (κ3) is 2.76. The lowest BCUT2D eigenvalue weighted by Crippen LogP contribution is -2.41. The Morgan fingerprint density at radius 3 is 2.77 bits per heavy atom. The van der Waals surface area contributed by atoms with Gasteiger partial charge in [-0.3, -0.25) is 4.98 Å². The van der Waals surface area contributed by atoms with E-state index in [2.05, 4.69) is 4.98 Å². The molecule has 120 valence electrons. The fourth-order valence-corrected chi connectivity index (χ4v) is 1.92. The minimum atomic E-state index is -3.92. The summed E-state index contributed by atoms with van der Waals surface area (Å²) in [4.78, 5) is 3.60. The van der Waals surface area contributed by atoms with Gasteiger partial charge in [-0.05, 0) is 65.8 Å². The number of pyridine rings is 1. The van der Waals surface area contributed by atoms with Crippen molar-refractivity contribution in [1.82, 2.24) is 4.98 Å². The standard InChI is InChI=1S/C17H27BN2O2/c1-13-8-6-7-11-20(13)14-9-10-15(19-12-14)18-21-16(2,3)17(4,5)22-18/h9-10,12-13H,6-8,11H2,1-5H3/i1D3,6D2,7D2,8D2,9D,10D,11D2,12D,13D. The van der Waals surface area contributed by atoms with Crippen molar-refractivity contribution in [3.05, 3.63) is 18.3 Å². The van der Waals surface area contributed by atoms with Gasteiger partial charge in [-0.1, -0.05) is 0 Å². The first-order valence-electron chi connectivity index (χ1n) is 14.3. The number of nitrogens with zero attached hydrogens (tertiary/aromatic N) is 2. The largest absolute Gasteiger partial charge is 0.514 e. The molecule has 4 nitrogen and oxygen atoms in total. The van der Waals surface area contributed by atoms with Crippen molar-refractivity contribution in [1.29, 1.82) is 0 Å². The molecule has 0 spiro atoms. The summed E-state index contributed by atoms with van der Waals surface area (Å²) >= 11 is 0. The number of rotatable bonds is 2. The van der Waals surface area contributed by atoms with Crippen molar-refractivity contribution < 1.29 is 29.9 Å². The third-order valence-corrected chi connectivity index (χ3v) is 3.93. The smallest absolute Gasteiger partial charge is 0.398 e. The number of hydrogen-bond acceptors (Lipinski definition) is 4. The van der Waals surface area contributed by atoms with Crippen LogP contribution in [0.1, 0.15) is 74.2 Å². The van der Waals surface area contributed by atoms with E-state index in [1.54, 1.807) is 27.7 Å². The van der Waals surface area contributed by atoms with Crippen molar-refractivity contribution in [2.75, 3.05) is 11.4 Å². The van der Waals surface area contributed by atoms with Crippen LogP contribution in [0.5, 0.6) is 0 Å². The molecule has 0 aromatic carbocycles. The Hall–Kier alpha value is -1.07. The molecule has 3 rings (SSSR count). The highest BCUT2D eigenvalue weighted by Crippen LogP contribution is 2.36. The molecule has 0 aliphatic carbocycles. The Bertz CT molecular complexity index is 1110. The Morgan fingerprint density at radius 2 is 2.09 bits per heavy atom. The van der Waals surface area contributed by atoms with Gasteiger partial charge in [-0.15, -0.1) is 0 Å². The first-order chi connectivity index (χ1) is 16.1. The van der Waals surface area contributed by atoms with Gasteiger partial charge < -0.3 is 14.2 Å². The molecule has 2 aliphatic rings. The van der Waals surface area contributed by atoms with E-state index in [4.69, 9.17) is 29.9 Å². The van der Waals surface area contributed by atoms with Crippen LogP contribution in [0, 0.1) is 0 Å². The van der Waals surface area contributed by atoms with E-state index in [-0.39, 0.29) is 10.5 Å². The molecule has 5 heteroatoms. The minimum Gasteiger partial charge on any atom is -0.398 e. The van der Waals surface area contributed by atoms with Crippen LogP contribution in [0.25, 0.3) is 0 Å². The average Bonchev–Trinajstić information content (AvgIpc) is 2.91. The monoisotopic (exact) mass is 317 g/mol. The van der Waals surface area contributed by atoms with Crippen LogP contribution >= 0.6 is 0 Å². The second-order valence-corrected chi connectivity index (χ2v) is 5.97. The molecule has 0 amide bonds. The molecule has 1 atom stereocenters. The molecule has 2 fully saturated rings. The molecule has 2 aliphatic heterocycles. The zero-order valence-corrected chi connectivity index (χ0v) is 12.8. The first kappa shape index (κ1) is 5.78. The number of aromatic nitrogens is 1. The second-order valence-electron chi connectivity index (χ2n) is 5.97. The lowest BCUT2D eigenvalue weighted by molar-refractivity contribution is 0.00578. The van der Waals surface area contributed by atoms with Crippen molar-refractivity contribution in [2.24, 2.45) is 0 Å². The highest BCUT2D eigenvalue weighted by Gasteiger charge is 2.52. The highest BCUT2D eigenvalue weighted by molar-refractivity contribution is 6.61. The maximum atomic E-state index is 8.68. The molecule has 0 bridgehead atoms. The van der Waals surface area contributed by atoms with Gasteiger partial charge in [-0.2, -0.15) is 0 Å². The number of piperidine rings is 1. The minimum absolute atomic E-state index is 0.266. The Labute approximate surface area is 155 Å². The van der Waals surface area contributed by atoms with Gasteiger partial charge >= 0.3 is 7.12 Å². The summed E-state index contributed by atoms with van der Waals surface area (Å²) in [5.74, 6) is 0. The van der Waals surface area contributed by atoms with Crippen molar-refractivity contribution in [3.63, 3.8) is 0 Å². The molecule has 0 N–H and O–H groups in total. The van der Waals surface area contributed by atoms with Crippen molar-refractivity contribution in [3.8, 4) is 0 Å². The summed E-state index contributed by atoms with van der Waals surface area (Å²) in [5, 5.41) is 0. The molecule has 1 aromatic rings. The van der Waals surface area contributed by atoms with Gasteiger partial charge in [0.2, 0.25) is 0 Å². The summed E-state index contributed by atoms with van der Waals surface area (Å²) in [7, 11) is -1.35. The zero-order chi connectivity index (χ0) is 29.2. The lowest BCUT2D eigenvalue weighted by Gasteiger charge is -2.35. The SMILES string of the molecule is [2H]c1nc(B2OC(C)(C)C(C)(C)O2)c([2H])c([2H])c1N1C([2H])([2H])C([2H])([2H])C([2H])([2H])C([2H])([2H])C1([2H])C([2H])([2H])[2H]. The molecule has 1 unspecified atom stereocenters. The van der Waals surface area contributed by atoms with Crippen molar-refractivity contribution in [2.45, 2.75) is 70.9 Å². The summed E-state index contributed by atoms with van der Waals surface area (Å²) in [5.41, 5.74) is -3.37. The zero-order valence-electron chi connectivity index (χ0n) is 27.8. The van der Waals surface area contributed by atoms with Crippen molar-refractivity contribution >= 4 is 18.4 Å². The van der Waals surface area contributed by atoms with Gasteiger partial charge in [0.15, 0.2) is 0 Å². The van der Waals surface area contributed by atoms with E-state index >= 15 is 0 Å². The molecular weight excluding hydrogens is 275 g/mol. The van der Waals surface area contributed by atoms with Crippen LogP contribution < -0.4 is 10.5 Å². The summed E-state index contributed by atoms with van der Waals surface area (Å²) in [6.07, 6.45) is -12.7. The number of anilines is 1. The molecular formula is C17H27BN2O2. The summed E-state index contributed by atoms with van der Waals surface area (Å²) < 4.78 is 135. The van der Waals surface area contributed by atoms with Gasteiger partial charge in [0.25, 0.3) is 0 Å². The fraction of sp³-hybridized carbons (Fsp3) is 0.706. The third-order valence-electron chi connectivity index (χ3n) is 3.93. The second kappa shape index (κ2) is 5.53. The van der Waals surface area contributed by atoms with Crippen LogP contribution in [0.3, 0.4) is 0 Å². The average molecular weight is 317 g/mol. The lowest BCUT2D eigenvalue weighted by atomic mass is 9.84. The molecule has 22 heavy (non-hydrogen) atoms. The normalized spacial score (nSPS) is 50.3. The maximum absolute atomic E-state index is 8.68. The van der Waals surface area contributed by atoms with Gasteiger partial charge in [0, 0.05) is 33.8 Å². The van der Waals surface area contributed by atoms with Crippen LogP contribution in [-0.4, -0.2) is 35.8 Å². The van der Waals surface area contributed by atoms with E-state index in [0.717, 1.165) is 0 Å². The highest BCUT2D eigenvalue weighted by atomic mass is 16.7. The molecule has 0 radical (unpaired) electrons. The fourth-order valence-electron chi connectivity index (χ4n) is 1.92. The van der Waals surface area contributed by atoms with E-state index in [0.29, 0.717) is 0 Å². The van der Waals surface area contributed by atoms with Crippen LogP contribution in [-0.2, 0) is 9.31 Å². The number of hydrogen-bond donors (Lipinski definition) is 0. The Kier molecular flexibility index (Phi) is 1.45. The topological polar surface area (TPSA) is 34.6 Å². The van der Waals surface area contributed by atoms with Gasteiger partial charge in [0.05, 0.1) is 28.0 Å². The Morgan fingerprint density at radius 1 is 1.36 bits per heavy atom. The maximum Gasteiger partial charge on any atom is 0.514 e. The van der Waals surface area contributed by atoms with Crippen LogP contribution in [0.2, 0.25) is 0 Å². The quantitative estimate of drug-likeness (QED) is 0.786. The molecule has 3 heterocycles. The first-order valence-corrected chi connectivity index (χ1v) is 6.79. The molecule has 2 saturated heterocycles. The molecule has 1 aromatic heterocycles. The van der Waals surface area contributed by atoms with Crippen LogP contribution in [0.15, 0.2) is 18.3 Å². The van der Waals surface area contributed by atoms with E-state index < -0.39 is 80.8 Å². The van der Waals surface area contributed by atoms with Gasteiger partial charge in [-0.25, -0.2) is 0 Å². The van der Waals surface area contributed by atoms with E-state index in [9.17, 15) is 0 Å².